The van der Waals surface area contributed by atoms with Crippen LogP contribution in [0.3, 0.4) is 0 Å². The van der Waals surface area contributed by atoms with Crippen molar-refractivity contribution in [1.29, 1.82) is 0 Å². The Hall–Kier alpha value is -3.33. The Labute approximate surface area is 181 Å². The van der Waals surface area contributed by atoms with E-state index in [0.717, 1.165) is 66.5 Å². The normalized spacial score (nSPS) is 12.9. The Morgan fingerprint density at radius 2 is 1.77 bits per heavy atom. The third-order valence-corrected chi connectivity index (χ3v) is 6.29. The zero-order valence-electron chi connectivity index (χ0n) is 16.9. The van der Waals surface area contributed by atoms with E-state index in [1.165, 1.54) is 19.2 Å². The summed E-state index contributed by atoms with van der Waals surface area (Å²) in [7, 11) is 2.33. The van der Waals surface area contributed by atoms with E-state index in [9.17, 15) is 18.8 Å². The van der Waals surface area contributed by atoms with Gasteiger partial charge in [0.1, 0.15) is 15.5 Å². The molecule has 2 heterocycles. The van der Waals surface area contributed by atoms with Gasteiger partial charge < -0.3 is 14.8 Å². The van der Waals surface area contributed by atoms with E-state index in [4.69, 9.17) is 9.72 Å². The molecule has 1 aromatic carbocycles. The lowest BCUT2D eigenvalue weighted by Gasteiger charge is -2.20. The number of carbonyl (C=O) groups is 3. The SMILES string of the molecule is COC(=O)C(=O)Nc1c(C(=O)OC)sc2nc3c(c(-c4ccc(F)cc4)c12)CCCC3. The fraction of sp³-hybridized carbons (Fsp3) is 0.273. The van der Waals surface area contributed by atoms with Gasteiger partial charge in [-0.2, -0.15) is 0 Å². The lowest BCUT2D eigenvalue weighted by atomic mass is 9.87. The molecule has 1 N–H and O–H groups in total. The van der Waals surface area contributed by atoms with Gasteiger partial charge in [0, 0.05) is 11.1 Å². The van der Waals surface area contributed by atoms with Crippen LogP contribution in [0.2, 0.25) is 0 Å². The van der Waals surface area contributed by atoms with Crippen LogP contribution < -0.4 is 5.32 Å². The summed E-state index contributed by atoms with van der Waals surface area (Å²) in [6, 6.07) is 6.02. The molecule has 0 radical (unpaired) electrons. The highest BCUT2D eigenvalue weighted by Crippen LogP contribution is 2.45. The molecule has 2 aromatic heterocycles. The first-order valence-corrected chi connectivity index (χ1v) is 10.5. The van der Waals surface area contributed by atoms with Crippen LogP contribution in [0.1, 0.15) is 33.8 Å². The Balaban J connectivity index is 2.05. The molecular formula is C22H19FN2O5S. The highest BCUT2D eigenvalue weighted by Gasteiger charge is 2.29. The number of ether oxygens (including phenoxy) is 2. The van der Waals surface area contributed by atoms with Gasteiger partial charge in [-0.05, 0) is 54.5 Å². The second kappa shape index (κ2) is 8.43. The van der Waals surface area contributed by atoms with Gasteiger partial charge in [-0.15, -0.1) is 11.3 Å². The smallest absolute Gasteiger partial charge is 0.396 e. The number of pyridine rings is 1. The van der Waals surface area contributed by atoms with Crippen molar-refractivity contribution in [2.75, 3.05) is 19.5 Å². The molecule has 0 fully saturated rings. The van der Waals surface area contributed by atoms with Crippen molar-refractivity contribution in [3.63, 3.8) is 0 Å². The van der Waals surface area contributed by atoms with E-state index in [0.29, 0.717) is 10.2 Å². The molecule has 160 valence electrons. The Bertz CT molecular complexity index is 1200. The molecule has 0 aliphatic heterocycles. The molecule has 9 heteroatoms. The molecule has 0 atom stereocenters. The molecule has 0 unspecified atom stereocenters. The first-order chi connectivity index (χ1) is 14.9. The van der Waals surface area contributed by atoms with Gasteiger partial charge in [-0.25, -0.2) is 19.0 Å². The standard InChI is InChI=1S/C22H19FN2O5S/c1-29-21(27)18-17(25-19(26)22(28)30-2)16-15(11-7-9-12(23)10-8-11)13-5-3-4-6-14(13)24-20(16)31-18/h7-10H,3-6H2,1-2H3,(H,25,26). The van der Waals surface area contributed by atoms with Crippen LogP contribution >= 0.6 is 11.3 Å². The van der Waals surface area contributed by atoms with E-state index in [1.54, 1.807) is 12.1 Å². The number of hydrogen-bond acceptors (Lipinski definition) is 7. The number of anilines is 1. The predicted octanol–water partition coefficient (Wildman–Crippen LogP) is 3.88. The summed E-state index contributed by atoms with van der Waals surface area (Å²) < 4.78 is 23.0. The minimum absolute atomic E-state index is 0.118. The van der Waals surface area contributed by atoms with Crippen LogP contribution in [0, 0.1) is 5.82 Å². The van der Waals surface area contributed by atoms with Gasteiger partial charge >= 0.3 is 17.8 Å². The number of halogens is 1. The summed E-state index contributed by atoms with van der Waals surface area (Å²) >= 11 is 1.08. The summed E-state index contributed by atoms with van der Waals surface area (Å²) in [4.78, 5) is 42.0. The molecule has 0 saturated carbocycles. The Kier molecular flexibility index (Phi) is 5.69. The number of aromatic nitrogens is 1. The zero-order chi connectivity index (χ0) is 22.1. The minimum atomic E-state index is -1.09. The lowest BCUT2D eigenvalue weighted by Crippen LogP contribution is -2.24. The molecule has 4 rings (SSSR count). The molecule has 3 aromatic rings. The highest BCUT2D eigenvalue weighted by atomic mass is 32.1. The summed E-state index contributed by atoms with van der Waals surface area (Å²) in [5.41, 5.74) is 3.55. The van der Waals surface area contributed by atoms with E-state index in [-0.39, 0.29) is 16.4 Å². The molecule has 1 amide bonds. The van der Waals surface area contributed by atoms with Crippen molar-refractivity contribution in [2.24, 2.45) is 0 Å². The van der Waals surface area contributed by atoms with Gasteiger partial charge in [-0.3, -0.25) is 4.79 Å². The fourth-order valence-electron chi connectivity index (χ4n) is 3.83. The van der Waals surface area contributed by atoms with Crippen molar-refractivity contribution in [2.45, 2.75) is 25.7 Å². The van der Waals surface area contributed by atoms with Crippen molar-refractivity contribution in [3.8, 4) is 11.1 Å². The van der Waals surface area contributed by atoms with Gasteiger partial charge in [0.25, 0.3) is 0 Å². The van der Waals surface area contributed by atoms with Crippen LogP contribution in [0.15, 0.2) is 24.3 Å². The number of aryl methyl sites for hydroxylation is 1. The number of thiophene rings is 1. The van der Waals surface area contributed by atoms with Crippen molar-refractivity contribution >= 4 is 45.1 Å². The summed E-state index contributed by atoms with van der Waals surface area (Å²) in [6.45, 7) is 0. The van der Waals surface area contributed by atoms with Crippen LogP contribution in [0.4, 0.5) is 10.1 Å². The van der Waals surface area contributed by atoms with E-state index >= 15 is 0 Å². The Morgan fingerprint density at radius 3 is 2.45 bits per heavy atom. The lowest BCUT2D eigenvalue weighted by molar-refractivity contribution is -0.150. The number of fused-ring (bicyclic) bond motifs is 2. The van der Waals surface area contributed by atoms with Crippen molar-refractivity contribution < 1.29 is 28.2 Å². The maximum atomic E-state index is 13.6. The minimum Gasteiger partial charge on any atom is -0.465 e. The van der Waals surface area contributed by atoms with Gasteiger partial charge in [0.2, 0.25) is 0 Å². The third kappa shape index (κ3) is 3.76. The average Bonchev–Trinajstić information content (AvgIpc) is 3.14. The molecule has 0 saturated heterocycles. The number of nitrogens with zero attached hydrogens (tertiary/aromatic N) is 1. The molecule has 7 nitrogen and oxygen atoms in total. The number of hydrogen-bond donors (Lipinski definition) is 1. The van der Waals surface area contributed by atoms with Gasteiger partial charge in [0.15, 0.2) is 0 Å². The number of amides is 1. The number of nitrogens with one attached hydrogen (secondary N) is 1. The summed E-state index contributed by atoms with van der Waals surface area (Å²) in [5, 5.41) is 3.03. The van der Waals surface area contributed by atoms with Crippen molar-refractivity contribution in [3.05, 3.63) is 46.2 Å². The zero-order valence-corrected chi connectivity index (χ0v) is 17.7. The van der Waals surface area contributed by atoms with Gasteiger partial charge in [-0.1, -0.05) is 12.1 Å². The monoisotopic (exact) mass is 442 g/mol. The third-order valence-electron chi connectivity index (χ3n) is 5.23. The number of rotatable bonds is 3. The second-order valence-electron chi connectivity index (χ2n) is 7.05. The molecular weight excluding hydrogens is 423 g/mol. The number of carbonyl (C=O) groups excluding carboxylic acids is 3. The summed E-state index contributed by atoms with van der Waals surface area (Å²) in [5.74, 6) is -3.14. The second-order valence-corrected chi connectivity index (χ2v) is 8.05. The molecule has 0 spiro atoms. The quantitative estimate of drug-likeness (QED) is 0.489. The van der Waals surface area contributed by atoms with E-state index < -0.39 is 17.8 Å². The average molecular weight is 442 g/mol. The molecule has 0 bridgehead atoms. The Morgan fingerprint density at radius 1 is 1.06 bits per heavy atom. The van der Waals surface area contributed by atoms with E-state index in [2.05, 4.69) is 10.1 Å². The number of methoxy groups -OCH3 is 2. The topological polar surface area (TPSA) is 94.6 Å². The van der Waals surface area contributed by atoms with Crippen LogP contribution in [-0.2, 0) is 31.9 Å². The van der Waals surface area contributed by atoms with Gasteiger partial charge in [0.05, 0.1) is 19.9 Å². The van der Waals surface area contributed by atoms with Crippen LogP contribution in [-0.4, -0.2) is 37.0 Å². The largest absolute Gasteiger partial charge is 0.465 e. The molecule has 31 heavy (non-hydrogen) atoms. The number of esters is 2. The predicted molar refractivity (Wildman–Crippen MR) is 114 cm³/mol. The fourth-order valence-corrected chi connectivity index (χ4v) is 4.91. The van der Waals surface area contributed by atoms with Crippen LogP contribution in [0.25, 0.3) is 21.3 Å². The molecule has 1 aliphatic carbocycles. The highest BCUT2D eigenvalue weighted by molar-refractivity contribution is 7.21. The van der Waals surface area contributed by atoms with Crippen LogP contribution in [0.5, 0.6) is 0 Å². The first-order valence-electron chi connectivity index (χ1n) is 9.66. The number of benzene rings is 1. The maximum Gasteiger partial charge on any atom is 0.396 e. The van der Waals surface area contributed by atoms with Crippen molar-refractivity contribution in [1.82, 2.24) is 4.98 Å². The maximum absolute atomic E-state index is 13.6. The molecule has 1 aliphatic rings. The van der Waals surface area contributed by atoms with E-state index in [1.807, 2.05) is 0 Å². The first kappa shape index (κ1) is 20.9. The summed E-state index contributed by atoms with van der Waals surface area (Å²) in [6.07, 6.45) is 3.51.